The van der Waals surface area contributed by atoms with Gasteiger partial charge < -0.3 is 5.32 Å². The van der Waals surface area contributed by atoms with Crippen LogP contribution in [0.1, 0.15) is 11.1 Å². The van der Waals surface area contributed by atoms with E-state index in [1.165, 1.54) is 0 Å². The molecule has 2 rings (SSSR count). The number of aromatic nitrogens is 1. The summed E-state index contributed by atoms with van der Waals surface area (Å²) in [4.78, 5) is 4.01. The Labute approximate surface area is 108 Å². The van der Waals surface area contributed by atoms with Gasteiger partial charge in [0.1, 0.15) is 6.07 Å². The van der Waals surface area contributed by atoms with Crippen LogP contribution in [-0.2, 0) is 0 Å². The Bertz CT molecular complexity index is 567. The minimum Gasteiger partial charge on any atom is -0.353 e. The molecule has 0 fully saturated rings. The highest BCUT2D eigenvalue weighted by molar-refractivity contribution is 9.10. The monoisotopic (exact) mass is 287 g/mol. The summed E-state index contributed by atoms with van der Waals surface area (Å²) in [7, 11) is 0. The van der Waals surface area contributed by atoms with E-state index in [9.17, 15) is 0 Å². The molecule has 0 aliphatic rings. The third-order valence-electron chi connectivity index (χ3n) is 2.26. The molecule has 0 aliphatic carbocycles. The Balaban J connectivity index is 2.35. The Morgan fingerprint density at radius 2 is 2.18 bits per heavy atom. The molecule has 4 heteroatoms. The van der Waals surface area contributed by atoms with Crippen LogP contribution in [0.5, 0.6) is 0 Å². The fourth-order valence-corrected chi connectivity index (χ4v) is 2.16. The number of hydrogen-bond acceptors (Lipinski definition) is 3. The summed E-state index contributed by atoms with van der Waals surface area (Å²) in [5.74, 6) is 0. The van der Waals surface area contributed by atoms with Gasteiger partial charge in [-0.1, -0.05) is 15.9 Å². The van der Waals surface area contributed by atoms with Crippen molar-refractivity contribution in [1.82, 2.24) is 4.98 Å². The molecule has 0 unspecified atom stereocenters. The third kappa shape index (κ3) is 2.83. The van der Waals surface area contributed by atoms with Gasteiger partial charge in [0, 0.05) is 16.4 Å². The molecule has 2 aromatic rings. The van der Waals surface area contributed by atoms with Crippen molar-refractivity contribution in [3.63, 3.8) is 0 Å². The van der Waals surface area contributed by atoms with E-state index in [1.54, 1.807) is 18.5 Å². The molecule has 1 aromatic carbocycles. The van der Waals surface area contributed by atoms with Crippen molar-refractivity contribution < 1.29 is 0 Å². The Morgan fingerprint density at radius 3 is 2.88 bits per heavy atom. The van der Waals surface area contributed by atoms with Crippen LogP contribution in [0.3, 0.4) is 0 Å². The van der Waals surface area contributed by atoms with Gasteiger partial charge in [0.15, 0.2) is 0 Å². The van der Waals surface area contributed by atoms with Crippen LogP contribution in [0, 0.1) is 18.3 Å². The van der Waals surface area contributed by atoms with E-state index in [-0.39, 0.29) is 0 Å². The van der Waals surface area contributed by atoms with Crippen molar-refractivity contribution in [1.29, 1.82) is 5.26 Å². The number of halogens is 1. The van der Waals surface area contributed by atoms with E-state index in [4.69, 9.17) is 5.26 Å². The number of nitrogens with zero attached hydrogens (tertiary/aromatic N) is 2. The van der Waals surface area contributed by atoms with Gasteiger partial charge in [-0.2, -0.15) is 5.26 Å². The molecule has 0 bridgehead atoms. The molecule has 0 saturated heterocycles. The molecule has 3 nitrogen and oxygen atoms in total. The number of aryl methyl sites for hydroxylation is 1. The molecular weight excluding hydrogens is 278 g/mol. The van der Waals surface area contributed by atoms with E-state index in [2.05, 4.69) is 32.3 Å². The van der Waals surface area contributed by atoms with Crippen molar-refractivity contribution in [3.8, 4) is 6.07 Å². The van der Waals surface area contributed by atoms with Crippen molar-refractivity contribution >= 4 is 27.3 Å². The minimum atomic E-state index is 0.581. The van der Waals surface area contributed by atoms with E-state index < -0.39 is 0 Å². The third-order valence-corrected chi connectivity index (χ3v) is 2.72. The quantitative estimate of drug-likeness (QED) is 0.915. The molecule has 0 radical (unpaired) electrons. The van der Waals surface area contributed by atoms with Gasteiger partial charge in [-0.3, -0.25) is 4.98 Å². The first kappa shape index (κ1) is 11.6. The van der Waals surface area contributed by atoms with Crippen molar-refractivity contribution in [3.05, 3.63) is 52.3 Å². The molecular formula is C13H10BrN3. The van der Waals surface area contributed by atoms with Crippen LogP contribution in [0.2, 0.25) is 0 Å². The molecule has 84 valence electrons. The first-order valence-corrected chi connectivity index (χ1v) is 5.86. The highest BCUT2D eigenvalue weighted by Gasteiger charge is 2.02. The Hall–Kier alpha value is -1.86. The number of hydrogen-bond donors (Lipinski definition) is 1. The van der Waals surface area contributed by atoms with Gasteiger partial charge in [-0.05, 0) is 36.8 Å². The number of pyridine rings is 1. The maximum atomic E-state index is 8.98. The number of nitrogens with one attached hydrogen (secondary N) is 1. The zero-order valence-electron chi connectivity index (χ0n) is 9.24. The summed E-state index contributed by atoms with van der Waals surface area (Å²) < 4.78 is 1.00. The molecule has 0 amide bonds. The fraction of sp³-hybridized carbons (Fsp3) is 0.0769. The summed E-state index contributed by atoms with van der Waals surface area (Å²) in [6.07, 6.45) is 3.25. The minimum absolute atomic E-state index is 0.581. The standard InChI is InChI=1S/C13H10BrN3/c1-9-4-11(14)6-12(5-9)17-13-8-16-3-2-10(13)7-15/h2-6,8,17H,1H3. The first-order valence-electron chi connectivity index (χ1n) is 5.07. The topological polar surface area (TPSA) is 48.7 Å². The zero-order chi connectivity index (χ0) is 12.3. The van der Waals surface area contributed by atoms with E-state index >= 15 is 0 Å². The predicted molar refractivity (Wildman–Crippen MR) is 71.1 cm³/mol. The van der Waals surface area contributed by atoms with Crippen LogP contribution in [0.25, 0.3) is 0 Å². The van der Waals surface area contributed by atoms with E-state index in [1.807, 2.05) is 25.1 Å². The molecule has 1 heterocycles. The smallest absolute Gasteiger partial charge is 0.101 e. The maximum Gasteiger partial charge on any atom is 0.101 e. The number of nitriles is 1. The normalized spacial score (nSPS) is 9.71. The number of benzene rings is 1. The molecule has 0 atom stereocenters. The number of rotatable bonds is 2. The van der Waals surface area contributed by atoms with Gasteiger partial charge in [0.05, 0.1) is 17.4 Å². The van der Waals surface area contributed by atoms with Crippen molar-refractivity contribution in [2.45, 2.75) is 6.92 Å². The lowest BCUT2D eigenvalue weighted by Gasteiger charge is -2.08. The van der Waals surface area contributed by atoms with Crippen LogP contribution in [-0.4, -0.2) is 4.98 Å². The Kier molecular flexibility index (Phi) is 3.40. The summed E-state index contributed by atoms with van der Waals surface area (Å²) in [6, 6.07) is 9.82. The lowest BCUT2D eigenvalue weighted by atomic mass is 10.2. The van der Waals surface area contributed by atoms with E-state index in [0.29, 0.717) is 11.3 Å². The maximum absolute atomic E-state index is 8.98. The average molecular weight is 288 g/mol. The summed E-state index contributed by atoms with van der Waals surface area (Å²) >= 11 is 3.44. The van der Waals surface area contributed by atoms with Gasteiger partial charge in [-0.15, -0.1) is 0 Å². The molecule has 0 aliphatic heterocycles. The largest absolute Gasteiger partial charge is 0.353 e. The van der Waals surface area contributed by atoms with Crippen LogP contribution < -0.4 is 5.32 Å². The molecule has 0 spiro atoms. The molecule has 1 aromatic heterocycles. The zero-order valence-corrected chi connectivity index (χ0v) is 10.8. The SMILES string of the molecule is Cc1cc(Br)cc(Nc2cnccc2C#N)c1. The van der Waals surface area contributed by atoms with Gasteiger partial charge in [0.25, 0.3) is 0 Å². The highest BCUT2D eigenvalue weighted by atomic mass is 79.9. The van der Waals surface area contributed by atoms with Crippen LogP contribution >= 0.6 is 15.9 Å². The molecule has 1 N–H and O–H groups in total. The highest BCUT2D eigenvalue weighted by Crippen LogP contribution is 2.23. The number of anilines is 2. The average Bonchev–Trinajstić information content (AvgIpc) is 2.28. The van der Waals surface area contributed by atoms with Crippen molar-refractivity contribution in [2.24, 2.45) is 0 Å². The van der Waals surface area contributed by atoms with Gasteiger partial charge in [-0.25, -0.2) is 0 Å². The second-order valence-electron chi connectivity index (χ2n) is 3.68. The summed E-state index contributed by atoms with van der Waals surface area (Å²) in [6.45, 7) is 2.02. The van der Waals surface area contributed by atoms with E-state index in [0.717, 1.165) is 15.7 Å². The van der Waals surface area contributed by atoms with Gasteiger partial charge in [0.2, 0.25) is 0 Å². The second kappa shape index (κ2) is 4.98. The molecule has 17 heavy (non-hydrogen) atoms. The van der Waals surface area contributed by atoms with Gasteiger partial charge >= 0.3 is 0 Å². The van der Waals surface area contributed by atoms with Crippen LogP contribution in [0.4, 0.5) is 11.4 Å². The summed E-state index contributed by atoms with van der Waals surface area (Å²) in [5.41, 5.74) is 3.37. The fourth-order valence-electron chi connectivity index (χ4n) is 1.56. The summed E-state index contributed by atoms with van der Waals surface area (Å²) in [5, 5.41) is 12.2. The first-order chi connectivity index (χ1) is 8.19. The van der Waals surface area contributed by atoms with Crippen molar-refractivity contribution in [2.75, 3.05) is 5.32 Å². The molecule has 0 saturated carbocycles. The van der Waals surface area contributed by atoms with Crippen LogP contribution in [0.15, 0.2) is 41.1 Å². The second-order valence-corrected chi connectivity index (χ2v) is 4.59. The lowest BCUT2D eigenvalue weighted by molar-refractivity contribution is 1.30. The Morgan fingerprint density at radius 1 is 1.35 bits per heavy atom. The lowest BCUT2D eigenvalue weighted by Crippen LogP contribution is -1.94. The predicted octanol–water partition coefficient (Wildman–Crippen LogP) is 3.77.